The van der Waals surface area contributed by atoms with Crippen LogP contribution in [0.25, 0.3) is 0 Å². The monoisotopic (exact) mass is 346 g/mol. The first-order valence-corrected chi connectivity index (χ1v) is 9.63. The van der Waals surface area contributed by atoms with Crippen molar-refractivity contribution in [2.24, 2.45) is 4.99 Å². The van der Waals surface area contributed by atoms with Gasteiger partial charge in [-0.1, -0.05) is 37.3 Å². The average Bonchev–Trinajstić information content (AvgIpc) is 3.12. The maximum Gasteiger partial charge on any atom is 0.191 e. The molecule has 0 amide bonds. The molecule has 1 aliphatic heterocycles. The van der Waals surface area contributed by atoms with Gasteiger partial charge in [0.1, 0.15) is 0 Å². The van der Waals surface area contributed by atoms with Gasteiger partial charge in [0, 0.05) is 32.8 Å². The van der Waals surface area contributed by atoms with Crippen LogP contribution in [0.1, 0.15) is 31.7 Å². The van der Waals surface area contributed by atoms with Gasteiger partial charge in [-0.05, 0) is 44.3 Å². The number of rotatable bonds is 10. The molecule has 1 heterocycles. The zero-order valence-electron chi connectivity index (χ0n) is 15.8. The highest BCUT2D eigenvalue weighted by Crippen LogP contribution is 2.15. The molecule has 1 unspecified atom stereocenters. The molecule has 2 N–H and O–H groups in total. The molecular formula is C20H34N4O. The Kier molecular flexibility index (Phi) is 9.37. The predicted molar refractivity (Wildman–Crippen MR) is 105 cm³/mol. The number of aliphatic imine (C=N–C) groups is 1. The van der Waals surface area contributed by atoms with E-state index in [2.05, 4.69) is 51.7 Å². The lowest BCUT2D eigenvalue weighted by Crippen LogP contribution is -2.45. The molecule has 25 heavy (non-hydrogen) atoms. The Bertz CT molecular complexity index is 492. The van der Waals surface area contributed by atoms with Gasteiger partial charge in [0.25, 0.3) is 0 Å². The highest BCUT2D eigenvalue weighted by atomic mass is 16.5. The van der Waals surface area contributed by atoms with Gasteiger partial charge in [0.05, 0.1) is 6.61 Å². The van der Waals surface area contributed by atoms with Gasteiger partial charge in [0.2, 0.25) is 0 Å². The molecule has 1 atom stereocenters. The topological polar surface area (TPSA) is 48.9 Å². The van der Waals surface area contributed by atoms with Crippen LogP contribution in [0.4, 0.5) is 0 Å². The molecule has 1 saturated heterocycles. The summed E-state index contributed by atoms with van der Waals surface area (Å²) in [6, 6.07) is 11.1. The minimum absolute atomic E-state index is 0.643. The summed E-state index contributed by atoms with van der Waals surface area (Å²) in [5.74, 6) is 0.896. The van der Waals surface area contributed by atoms with Crippen molar-refractivity contribution >= 4 is 5.96 Å². The molecule has 1 aromatic carbocycles. The van der Waals surface area contributed by atoms with Crippen LogP contribution >= 0.6 is 0 Å². The summed E-state index contributed by atoms with van der Waals surface area (Å²) in [5.41, 5.74) is 1.33. The van der Waals surface area contributed by atoms with E-state index in [4.69, 9.17) is 4.74 Å². The van der Waals surface area contributed by atoms with Gasteiger partial charge in [-0.2, -0.15) is 0 Å². The number of guanidine groups is 1. The molecule has 5 heteroatoms. The molecular weight excluding hydrogens is 312 g/mol. The summed E-state index contributed by atoms with van der Waals surface area (Å²) in [4.78, 5) is 6.85. The van der Waals surface area contributed by atoms with Crippen molar-refractivity contribution in [3.8, 4) is 0 Å². The molecule has 0 aromatic heterocycles. The zero-order valence-corrected chi connectivity index (χ0v) is 15.8. The average molecular weight is 347 g/mol. The van der Waals surface area contributed by atoms with Crippen LogP contribution in [-0.2, 0) is 11.2 Å². The minimum Gasteiger partial charge on any atom is -0.381 e. The first-order chi connectivity index (χ1) is 12.3. The van der Waals surface area contributed by atoms with Crippen LogP contribution in [0.3, 0.4) is 0 Å². The van der Waals surface area contributed by atoms with Gasteiger partial charge >= 0.3 is 0 Å². The van der Waals surface area contributed by atoms with Crippen molar-refractivity contribution in [1.82, 2.24) is 15.5 Å². The lowest BCUT2D eigenvalue weighted by Gasteiger charge is -2.23. The Morgan fingerprint density at radius 1 is 1.24 bits per heavy atom. The molecule has 1 aliphatic rings. The normalized spacial score (nSPS) is 18.5. The van der Waals surface area contributed by atoms with Crippen LogP contribution in [0.15, 0.2) is 35.3 Å². The zero-order chi connectivity index (χ0) is 17.7. The molecule has 1 aromatic rings. The number of likely N-dealkylation sites (N-methyl/N-ethyl adjacent to an activating group) is 1. The Morgan fingerprint density at radius 2 is 2.08 bits per heavy atom. The Balaban J connectivity index is 1.49. The molecule has 5 nitrogen and oxygen atoms in total. The third kappa shape index (κ3) is 7.45. The smallest absolute Gasteiger partial charge is 0.191 e. The summed E-state index contributed by atoms with van der Waals surface area (Å²) in [5, 5.41) is 6.83. The third-order valence-corrected chi connectivity index (χ3v) is 4.77. The lowest BCUT2D eigenvalue weighted by molar-refractivity contribution is 0.135. The predicted octanol–water partition coefficient (Wildman–Crippen LogP) is 2.29. The fraction of sp³-hybridized carbons (Fsp3) is 0.650. The van der Waals surface area contributed by atoms with E-state index >= 15 is 0 Å². The molecule has 0 saturated carbocycles. The molecule has 0 bridgehead atoms. The van der Waals surface area contributed by atoms with Crippen molar-refractivity contribution in [2.75, 3.05) is 46.4 Å². The van der Waals surface area contributed by atoms with E-state index in [1.54, 1.807) is 0 Å². The largest absolute Gasteiger partial charge is 0.381 e. The van der Waals surface area contributed by atoms with Gasteiger partial charge < -0.3 is 15.4 Å². The van der Waals surface area contributed by atoms with Crippen molar-refractivity contribution in [3.63, 3.8) is 0 Å². The SMILES string of the molecule is CCN1CCCC1CNC(=NC)NCCCOCCc1ccccc1. The maximum absolute atomic E-state index is 5.72. The molecule has 140 valence electrons. The fourth-order valence-corrected chi connectivity index (χ4v) is 3.30. The van der Waals surface area contributed by atoms with Crippen LogP contribution in [0, 0.1) is 0 Å². The second-order valence-electron chi connectivity index (χ2n) is 6.51. The number of ether oxygens (including phenoxy) is 1. The van der Waals surface area contributed by atoms with Crippen molar-refractivity contribution < 1.29 is 4.74 Å². The Labute approximate surface area is 152 Å². The number of benzene rings is 1. The molecule has 0 aliphatic carbocycles. The molecule has 1 fully saturated rings. The van der Waals surface area contributed by atoms with Crippen molar-refractivity contribution in [2.45, 2.75) is 38.6 Å². The minimum atomic E-state index is 0.643. The van der Waals surface area contributed by atoms with Crippen molar-refractivity contribution in [3.05, 3.63) is 35.9 Å². The summed E-state index contributed by atoms with van der Waals surface area (Å²) in [6.07, 6.45) is 4.56. The third-order valence-electron chi connectivity index (χ3n) is 4.77. The van der Waals surface area contributed by atoms with Gasteiger partial charge in [-0.15, -0.1) is 0 Å². The van der Waals surface area contributed by atoms with Crippen LogP contribution in [0.5, 0.6) is 0 Å². The summed E-state index contributed by atoms with van der Waals surface area (Å²) < 4.78 is 5.72. The molecule has 0 radical (unpaired) electrons. The Morgan fingerprint density at radius 3 is 2.84 bits per heavy atom. The molecule has 2 rings (SSSR count). The second-order valence-corrected chi connectivity index (χ2v) is 6.51. The van der Waals surface area contributed by atoms with E-state index in [9.17, 15) is 0 Å². The maximum atomic E-state index is 5.72. The number of hydrogen-bond acceptors (Lipinski definition) is 3. The highest BCUT2D eigenvalue weighted by Gasteiger charge is 2.22. The first kappa shape index (κ1) is 19.7. The van der Waals surface area contributed by atoms with E-state index in [0.29, 0.717) is 6.04 Å². The number of nitrogens with zero attached hydrogens (tertiary/aromatic N) is 2. The van der Waals surface area contributed by atoms with Crippen LogP contribution in [0.2, 0.25) is 0 Å². The summed E-state index contributed by atoms with van der Waals surface area (Å²) >= 11 is 0. The van der Waals surface area contributed by atoms with Crippen LogP contribution < -0.4 is 10.6 Å². The summed E-state index contributed by atoms with van der Waals surface area (Å²) in [7, 11) is 1.83. The standard InChI is InChI=1S/C20H34N4O/c1-3-24-14-7-11-19(24)17-23-20(21-2)22-13-8-15-25-16-12-18-9-5-4-6-10-18/h4-6,9-10,19H,3,7-8,11-17H2,1-2H3,(H2,21,22,23). The van der Waals surface area contributed by atoms with Crippen molar-refractivity contribution in [1.29, 1.82) is 0 Å². The highest BCUT2D eigenvalue weighted by molar-refractivity contribution is 5.79. The first-order valence-electron chi connectivity index (χ1n) is 9.63. The van der Waals surface area contributed by atoms with E-state index in [1.807, 2.05) is 13.1 Å². The van der Waals surface area contributed by atoms with E-state index in [-0.39, 0.29) is 0 Å². The lowest BCUT2D eigenvalue weighted by atomic mass is 10.2. The van der Waals surface area contributed by atoms with Gasteiger partial charge in [-0.25, -0.2) is 0 Å². The van der Waals surface area contributed by atoms with Gasteiger partial charge in [0.15, 0.2) is 5.96 Å². The number of likely N-dealkylation sites (tertiary alicyclic amines) is 1. The quantitative estimate of drug-likeness (QED) is 0.388. The number of nitrogens with one attached hydrogen (secondary N) is 2. The van der Waals surface area contributed by atoms with Crippen LogP contribution in [-0.4, -0.2) is 63.3 Å². The van der Waals surface area contributed by atoms with Gasteiger partial charge in [-0.3, -0.25) is 9.89 Å². The van der Waals surface area contributed by atoms with E-state index in [1.165, 1.54) is 24.9 Å². The fourth-order valence-electron chi connectivity index (χ4n) is 3.30. The second kappa shape index (κ2) is 11.9. The Hall–Kier alpha value is -1.59. The summed E-state index contributed by atoms with van der Waals surface area (Å²) in [6.45, 7) is 8.03. The van der Waals surface area contributed by atoms with E-state index in [0.717, 1.165) is 51.6 Å². The molecule has 0 spiro atoms. The van der Waals surface area contributed by atoms with E-state index < -0.39 is 0 Å². The number of hydrogen-bond donors (Lipinski definition) is 2.